The van der Waals surface area contributed by atoms with Gasteiger partial charge in [-0.3, -0.25) is 9.67 Å². The van der Waals surface area contributed by atoms with Gasteiger partial charge in [0.05, 0.1) is 17.1 Å². The topological polar surface area (TPSA) is 92.1 Å². The standard InChI is InChI=1S/C18H20F4N8/c1-23-17(26-8-11-3-4-12(19)7-14(11)18(20,21)22)25-6-5-24-15-13-9-29-30(2)16(13)28-10-27-15/h3-4,7,9-10H,5-6,8H2,1-2H3,(H2,23,25,26)(H,24,27,28). The molecular weight excluding hydrogens is 404 g/mol. The maximum Gasteiger partial charge on any atom is 0.416 e. The number of rotatable bonds is 6. The second-order valence-electron chi connectivity index (χ2n) is 6.31. The van der Waals surface area contributed by atoms with Crippen molar-refractivity contribution in [1.82, 2.24) is 30.4 Å². The zero-order chi connectivity index (χ0) is 21.7. The van der Waals surface area contributed by atoms with Gasteiger partial charge in [-0.1, -0.05) is 6.07 Å². The van der Waals surface area contributed by atoms with Crippen molar-refractivity contribution in [3.8, 4) is 0 Å². The summed E-state index contributed by atoms with van der Waals surface area (Å²) in [6.45, 7) is 0.720. The summed E-state index contributed by atoms with van der Waals surface area (Å²) in [6, 6.07) is 2.58. The van der Waals surface area contributed by atoms with Crippen LogP contribution in [0.1, 0.15) is 11.1 Å². The Balaban J connectivity index is 1.53. The minimum absolute atomic E-state index is 0.0788. The highest BCUT2D eigenvalue weighted by atomic mass is 19.4. The number of aryl methyl sites for hydroxylation is 1. The average molecular weight is 424 g/mol. The van der Waals surface area contributed by atoms with Gasteiger partial charge in [0.2, 0.25) is 0 Å². The molecule has 3 N–H and O–H groups in total. The summed E-state index contributed by atoms with van der Waals surface area (Å²) < 4.78 is 54.1. The third-order valence-corrected chi connectivity index (χ3v) is 4.29. The van der Waals surface area contributed by atoms with Crippen LogP contribution < -0.4 is 16.0 Å². The van der Waals surface area contributed by atoms with Crippen molar-refractivity contribution in [3.05, 3.63) is 47.7 Å². The second-order valence-corrected chi connectivity index (χ2v) is 6.31. The van der Waals surface area contributed by atoms with E-state index in [1.54, 1.807) is 17.9 Å². The molecule has 0 saturated carbocycles. The number of hydrogen-bond donors (Lipinski definition) is 3. The van der Waals surface area contributed by atoms with Gasteiger partial charge in [0.25, 0.3) is 0 Å². The monoisotopic (exact) mass is 424 g/mol. The lowest BCUT2D eigenvalue weighted by Gasteiger charge is -2.16. The highest BCUT2D eigenvalue weighted by Gasteiger charge is 2.33. The fourth-order valence-electron chi connectivity index (χ4n) is 2.83. The Morgan fingerprint density at radius 1 is 1.17 bits per heavy atom. The first-order valence-electron chi connectivity index (χ1n) is 8.96. The second kappa shape index (κ2) is 8.93. The number of nitrogens with one attached hydrogen (secondary N) is 3. The van der Waals surface area contributed by atoms with Gasteiger partial charge in [0, 0.05) is 33.7 Å². The summed E-state index contributed by atoms with van der Waals surface area (Å²) in [5.41, 5.74) is -0.404. The van der Waals surface area contributed by atoms with Crippen LogP contribution in [0.25, 0.3) is 11.0 Å². The quantitative estimate of drug-likeness (QED) is 0.243. The van der Waals surface area contributed by atoms with E-state index in [1.165, 1.54) is 13.4 Å². The molecule has 2 aromatic heterocycles. The fourth-order valence-corrected chi connectivity index (χ4v) is 2.83. The predicted octanol–water partition coefficient (Wildman–Crippen LogP) is 2.30. The lowest BCUT2D eigenvalue weighted by atomic mass is 10.1. The number of hydrogen-bond acceptors (Lipinski definition) is 5. The average Bonchev–Trinajstić information content (AvgIpc) is 3.09. The summed E-state index contributed by atoms with van der Waals surface area (Å²) in [5, 5.41) is 13.8. The summed E-state index contributed by atoms with van der Waals surface area (Å²) in [7, 11) is 3.28. The number of nitrogens with zero attached hydrogens (tertiary/aromatic N) is 5. The molecule has 30 heavy (non-hydrogen) atoms. The predicted molar refractivity (Wildman–Crippen MR) is 104 cm³/mol. The number of guanidine groups is 1. The zero-order valence-electron chi connectivity index (χ0n) is 16.3. The van der Waals surface area contributed by atoms with Crippen LogP contribution in [0.4, 0.5) is 23.4 Å². The van der Waals surface area contributed by atoms with E-state index in [9.17, 15) is 17.6 Å². The first kappa shape index (κ1) is 21.3. The van der Waals surface area contributed by atoms with Gasteiger partial charge in [0.15, 0.2) is 11.6 Å². The molecule has 0 spiro atoms. The van der Waals surface area contributed by atoms with Crippen LogP contribution in [0.15, 0.2) is 35.7 Å². The Kier molecular flexibility index (Phi) is 6.33. The van der Waals surface area contributed by atoms with Crippen LogP contribution in [-0.4, -0.2) is 45.8 Å². The van der Waals surface area contributed by atoms with Crippen molar-refractivity contribution in [2.75, 3.05) is 25.5 Å². The molecule has 0 unspecified atom stereocenters. The molecule has 0 saturated heterocycles. The molecule has 0 atom stereocenters. The summed E-state index contributed by atoms with van der Waals surface area (Å²) in [6.07, 6.45) is -1.55. The number of aromatic nitrogens is 4. The minimum atomic E-state index is -4.64. The van der Waals surface area contributed by atoms with Crippen molar-refractivity contribution in [2.24, 2.45) is 12.0 Å². The van der Waals surface area contributed by atoms with E-state index in [1.807, 2.05) is 0 Å². The van der Waals surface area contributed by atoms with Crippen LogP contribution in [0, 0.1) is 5.82 Å². The molecule has 0 aliphatic heterocycles. The van der Waals surface area contributed by atoms with Gasteiger partial charge in [-0.2, -0.15) is 18.3 Å². The summed E-state index contributed by atoms with van der Waals surface area (Å²) in [4.78, 5) is 12.3. The Bertz CT molecular complexity index is 1040. The van der Waals surface area contributed by atoms with Crippen LogP contribution in [0.3, 0.4) is 0 Å². The third-order valence-electron chi connectivity index (χ3n) is 4.29. The van der Waals surface area contributed by atoms with Gasteiger partial charge in [-0.25, -0.2) is 14.4 Å². The SMILES string of the molecule is CN=C(NCCNc1ncnc2c1cnn2C)NCc1ccc(F)cc1C(F)(F)F. The Labute approximate surface area is 169 Å². The van der Waals surface area contributed by atoms with Crippen molar-refractivity contribution in [3.63, 3.8) is 0 Å². The normalized spacial score (nSPS) is 12.3. The highest BCUT2D eigenvalue weighted by molar-refractivity contribution is 5.86. The van der Waals surface area contributed by atoms with Crippen molar-refractivity contribution >= 4 is 22.8 Å². The molecule has 2 heterocycles. The van der Waals surface area contributed by atoms with Crippen LogP contribution >= 0.6 is 0 Å². The molecule has 1 aromatic carbocycles. The first-order chi connectivity index (χ1) is 14.3. The Morgan fingerprint density at radius 2 is 1.97 bits per heavy atom. The van der Waals surface area contributed by atoms with E-state index in [-0.39, 0.29) is 12.1 Å². The number of anilines is 1. The van der Waals surface area contributed by atoms with E-state index < -0.39 is 17.6 Å². The molecule has 3 rings (SSSR count). The van der Waals surface area contributed by atoms with E-state index in [0.29, 0.717) is 36.6 Å². The number of fused-ring (bicyclic) bond motifs is 1. The van der Waals surface area contributed by atoms with Gasteiger partial charge >= 0.3 is 6.18 Å². The van der Waals surface area contributed by atoms with Gasteiger partial charge < -0.3 is 16.0 Å². The van der Waals surface area contributed by atoms with Gasteiger partial charge in [-0.05, 0) is 17.7 Å². The zero-order valence-corrected chi connectivity index (χ0v) is 16.3. The molecule has 0 radical (unpaired) electrons. The number of benzene rings is 1. The molecular formula is C18H20F4N8. The Hall–Kier alpha value is -3.44. The first-order valence-corrected chi connectivity index (χ1v) is 8.96. The summed E-state index contributed by atoms with van der Waals surface area (Å²) in [5.74, 6) is -0.00505. The highest BCUT2D eigenvalue weighted by Crippen LogP contribution is 2.32. The van der Waals surface area contributed by atoms with Gasteiger partial charge in [-0.15, -0.1) is 0 Å². The van der Waals surface area contributed by atoms with E-state index >= 15 is 0 Å². The molecule has 0 aliphatic carbocycles. The Morgan fingerprint density at radius 3 is 2.70 bits per heavy atom. The number of halogens is 4. The largest absolute Gasteiger partial charge is 0.416 e. The van der Waals surface area contributed by atoms with Crippen molar-refractivity contribution in [2.45, 2.75) is 12.7 Å². The maximum absolute atomic E-state index is 13.2. The van der Waals surface area contributed by atoms with Crippen LogP contribution in [-0.2, 0) is 19.8 Å². The molecule has 0 amide bonds. The molecule has 0 fully saturated rings. The third kappa shape index (κ3) is 4.93. The lowest BCUT2D eigenvalue weighted by Crippen LogP contribution is -2.39. The number of alkyl halides is 3. The molecule has 12 heteroatoms. The molecule has 8 nitrogen and oxygen atoms in total. The van der Waals surface area contributed by atoms with E-state index in [4.69, 9.17) is 0 Å². The van der Waals surface area contributed by atoms with E-state index in [2.05, 4.69) is 36.0 Å². The number of aliphatic imine (C=N–C) groups is 1. The molecule has 160 valence electrons. The minimum Gasteiger partial charge on any atom is -0.368 e. The van der Waals surface area contributed by atoms with Crippen molar-refractivity contribution < 1.29 is 17.6 Å². The molecule has 0 aliphatic rings. The van der Waals surface area contributed by atoms with Crippen LogP contribution in [0.2, 0.25) is 0 Å². The lowest BCUT2D eigenvalue weighted by molar-refractivity contribution is -0.138. The fraction of sp³-hybridized carbons (Fsp3) is 0.333. The van der Waals surface area contributed by atoms with E-state index in [0.717, 1.165) is 17.5 Å². The summed E-state index contributed by atoms with van der Waals surface area (Å²) >= 11 is 0. The van der Waals surface area contributed by atoms with Crippen molar-refractivity contribution in [1.29, 1.82) is 0 Å². The smallest absolute Gasteiger partial charge is 0.368 e. The maximum atomic E-state index is 13.2. The van der Waals surface area contributed by atoms with Crippen LogP contribution in [0.5, 0.6) is 0 Å². The molecule has 0 bridgehead atoms. The molecule has 3 aromatic rings. The van der Waals surface area contributed by atoms with Gasteiger partial charge in [0.1, 0.15) is 18.0 Å².